The third-order valence-corrected chi connectivity index (χ3v) is 4.97. The van der Waals surface area contributed by atoms with Crippen molar-refractivity contribution in [2.45, 2.75) is 59.5 Å². The van der Waals surface area contributed by atoms with Gasteiger partial charge in [0.25, 0.3) is 5.91 Å². The zero-order valence-corrected chi connectivity index (χ0v) is 18.6. The van der Waals surface area contributed by atoms with Gasteiger partial charge in [-0.2, -0.15) is 0 Å². The van der Waals surface area contributed by atoms with Crippen molar-refractivity contribution < 1.29 is 9.21 Å². The van der Waals surface area contributed by atoms with Crippen molar-refractivity contribution in [1.82, 2.24) is 5.32 Å². The van der Waals surface area contributed by atoms with Gasteiger partial charge in [-0.1, -0.05) is 26.0 Å². The van der Waals surface area contributed by atoms with Crippen LogP contribution < -0.4 is 16.3 Å². The zero-order chi connectivity index (χ0) is 22.1. The number of hydrogen-bond donors (Lipinski definition) is 2. The summed E-state index contributed by atoms with van der Waals surface area (Å²) in [6.45, 7) is 12.6. The van der Waals surface area contributed by atoms with Gasteiger partial charge in [-0.15, -0.1) is 0 Å². The molecule has 5 heteroatoms. The molecule has 0 atom stereocenters. The number of anilines is 1. The van der Waals surface area contributed by atoms with Crippen LogP contribution >= 0.6 is 0 Å². The number of nitrogens with one attached hydrogen (secondary N) is 2. The van der Waals surface area contributed by atoms with Gasteiger partial charge in [0.15, 0.2) is 0 Å². The van der Waals surface area contributed by atoms with E-state index < -0.39 is 0 Å². The summed E-state index contributed by atoms with van der Waals surface area (Å²) < 4.78 is 5.44. The predicted molar refractivity (Wildman–Crippen MR) is 122 cm³/mol. The summed E-state index contributed by atoms with van der Waals surface area (Å²) in [6.07, 6.45) is 0. The minimum atomic E-state index is -0.380. The lowest BCUT2D eigenvalue weighted by atomic mass is 9.95. The maximum Gasteiger partial charge on any atom is 0.336 e. The summed E-state index contributed by atoms with van der Waals surface area (Å²) in [6, 6.07) is 12.9. The summed E-state index contributed by atoms with van der Waals surface area (Å²) in [5.41, 5.74) is 4.33. The van der Waals surface area contributed by atoms with Crippen molar-refractivity contribution in [3.05, 3.63) is 75.1 Å². The maximum absolute atomic E-state index is 12.7. The first-order chi connectivity index (χ1) is 14.0. The van der Waals surface area contributed by atoms with E-state index in [9.17, 15) is 9.59 Å². The number of para-hydroxylation sites is 1. The average molecular weight is 407 g/mol. The zero-order valence-electron chi connectivity index (χ0n) is 18.6. The molecule has 1 amide bonds. The van der Waals surface area contributed by atoms with Crippen molar-refractivity contribution in [3.8, 4) is 0 Å². The third-order valence-electron chi connectivity index (χ3n) is 4.97. The summed E-state index contributed by atoms with van der Waals surface area (Å²) in [5, 5.41) is 7.24. The molecule has 0 bridgehead atoms. The van der Waals surface area contributed by atoms with E-state index in [2.05, 4.69) is 30.5 Å². The number of hydrogen-bond acceptors (Lipinski definition) is 4. The molecule has 0 saturated carbocycles. The fourth-order valence-electron chi connectivity index (χ4n) is 3.59. The Hall–Kier alpha value is -3.08. The smallest absolute Gasteiger partial charge is 0.336 e. The standard InChI is InChI=1S/C25H30N2O3/c1-15(2)19-13-20-17(12-23(28)30-22(20)11-16(19)3)14-26-21-10-8-7-9-18(21)24(29)27-25(4,5)6/h7-13,15,26H,14H2,1-6H3,(H,27,29). The Balaban J connectivity index is 1.96. The SMILES string of the molecule is Cc1cc2oc(=O)cc(CNc3ccccc3C(=O)NC(C)(C)C)c2cc1C(C)C. The summed E-state index contributed by atoms with van der Waals surface area (Å²) in [7, 11) is 0. The molecule has 3 aromatic rings. The Morgan fingerprint density at radius 1 is 1.10 bits per heavy atom. The number of fused-ring (bicyclic) bond motifs is 1. The molecule has 5 nitrogen and oxygen atoms in total. The average Bonchev–Trinajstić information content (AvgIpc) is 2.64. The molecule has 0 fully saturated rings. The fraction of sp³-hybridized carbons (Fsp3) is 0.360. The van der Waals surface area contributed by atoms with E-state index in [1.807, 2.05) is 52.0 Å². The van der Waals surface area contributed by atoms with Gasteiger partial charge in [-0.25, -0.2) is 4.79 Å². The summed E-state index contributed by atoms with van der Waals surface area (Å²) in [5.74, 6) is 0.227. The van der Waals surface area contributed by atoms with E-state index in [1.54, 1.807) is 6.07 Å². The number of benzene rings is 2. The van der Waals surface area contributed by atoms with Crippen LogP contribution in [0.1, 0.15) is 67.6 Å². The molecule has 0 saturated heterocycles. The van der Waals surface area contributed by atoms with E-state index in [0.29, 0.717) is 23.6 Å². The second-order valence-corrected chi connectivity index (χ2v) is 9.05. The Kier molecular flexibility index (Phi) is 6.01. The molecule has 1 aromatic heterocycles. The monoisotopic (exact) mass is 406 g/mol. The van der Waals surface area contributed by atoms with Crippen molar-refractivity contribution in [1.29, 1.82) is 0 Å². The molecule has 0 aliphatic rings. The molecule has 3 rings (SSSR count). The second-order valence-electron chi connectivity index (χ2n) is 9.05. The summed E-state index contributed by atoms with van der Waals surface area (Å²) in [4.78, 5) is 24.8. The maximum atomic E-state index is 12.7. The van der Waals surface area contributed by atoms with Gasteiger partial charge in [0.1, 0.15) is 5.58 Å². The number of rotatable bonds is 5. The van der Waals surface area contributed by atoms with Crippen molar-refractivity contribution in [2.75, 3.05) is 5.32 Å². The van der Waals surface area contributed by atoms with E-state index in [0.717, 1.165) is 22.2 Å². The largest absolute Gasteiger partial charge is 0.423 e. The first kappa shape index (κ1) is 21.6. The molecule has 0 aliphatic heterocycles. The highest BCUT2D eigenvalue weighted by Gasteiger charge is 2.18. The number of amides is 1. The lowest BCUT2D eigenvalue weighted by Crippen LogP contribution is -2.40. The van der Waals surface area contributed by atoms with Gasteiger partial charge < -0.3 is 15.1 Å². The van der Waals surface area contributed by atoms with Crippen LogP contribution in [-0.2, 0) is 6.54 Å². The van der Waals surface area contributed by atoms with Crippen LogP contribution in [-0.4, -0.2) is 11.4 Å². The molecular weight excluding hydrogens is 376 g/mol. The van der Waals surface area contributed by atoms with Crippen LogP contribution in [0.5, 0.6) is 0 Å². The Labute approximate surface area is 177 Å². The molecular formula is C25H30N2O3. The van der Waals surface area contributed by atoms with Gasteiger partial charge in [0.05, 0.1) is 5.56 Å². The second kappa shape index (κ2) is 8.34. The molecule has 30 heavy (non-hydrogen) atoms. The van der Waals surface area contributed by atoms with Crippen LogP contribution in [0, 0.1) is 6.92 Å². The topological polar surface area (TPSA) is 71.3 Å². The molecule has 0 spiro atoms. The van der Waals surface area contributed by atoms with Crippen LogP contribution in [0.4, 0.5) is 5.69 Å². The van der Waals surface area contributed by atoms with Crippen LogP contribution in [0.3, 0.4) is 0 Å². The number of aryl methyl sites for hydroxylation is 1. The summed E-state index contributed by atoms with van der Waals surface area (Å²) >= 11 is 0. The lowest BCUT2D eigenvalue weighted by Gasteiger charge is -2.22. The quantitative estimate of drug-likeness (QED) is 0.559. The highest BCUT2D eigenvalue weighted by atomic mass is 16.4. The molecule has 0 radical (unpaired) electrons. The predicted octanol–water partition coefficient (Wildman–Crippen LogP) is 5.37. The molecule has 2 aromatic carbocycles. The van der Waals surface area contributed by atoms with Crippen molar-refractivity contribution >= 4 is 22.6 Å². The van der Waals surface area contributed by atoms with Gasteiger partial charge in [0, 0.05) is 29.2 Å². The molecule has 158 valence electrons. The van der Waals surface area contributed by atoms with Gasteiger partial charge in [-0.05, 0) is 74.6 Å². The highest BCUT2D eigenvalue weighted by molar-refractivity contribution is 6.00. The van der Waals surface area contributed by atoms with Gasteiger partial charge >= 0.3 is 5.63 Å². The fourth-order valence-corrected chi connectivity index (χ4v) is 3.59. The Bertz CT molecular complexity index is 1140. The van der Waals surface area contributed by atoms with Crippen LogP contribution in [0.2, 0.25) is 0 Å². The van der Waals surface area contributed by atoms with E-state index in [1.165, 1.54) is 11.6 Å². The lowest BCUT2D eigenvalue weighted by molar-refractivity contribution is 0.0920. The Morgan fingerprint density at radius 2 is 1.80 bits per heavy atom. The first-order valence-corrected chi connectivity index (χ1v) is 10.3. The van der Waals surface area contributed by atoms with E-state index in [4.69, 9.17) is 4.42 Å². The van der Waals surface area contributed by atoms with Crippen LogP contribution in [0.15, 0.2) is 51.7 Å². The van der Waals surface area contributed by atoms with E-state index in [-0.39, 0.29) is 17.1 Å². The molecule has 0 unspecified atom stereocenters. The molecule has 2 N–H and O–H groups in total. The van der Waals surface area contributed by atoms with Gasteiger partial charge in [-0.3, -0.25) is 4.79 Å². The van der Waals surface area contributed by atoms with Crippen LogP contribution in [0.25, 0.3) is 11.0 Å². The Morgan fingerprint density at radius 3 is 2.47 bits per heavy atom. The minimum Gasteiger partial charge on any atom is -0.423 e. The van der Waals surface area contributed by atoms with E-state index >= 15 is 0 Å². The van der Waals surface area contributed by atoms with Gasteiger partial charge in [0.2, 0.25) is 0 Å². The van der Waals surface area contributed by atoms with Crippen molar-refractivity contribution in [3.63, 3.8) is 0 Å². The minimum absolute atomic E-state index is 0.138. The normalized spacial score (nSPS) is 11.7. The number of carbonyl (C=O) groups is 1. The third kappa shape index (κ3) is 4.90. The molecule has 0 aliphatic carbocycles. The first-order valence-electron chi connectivity index (χ1n) is 10.3. The molecule has 1 heterocycles. The number of carbonyl (C=O) groups excluding carboxylic acids is 1. The van der Waals surface area contributed by atoms with Crippen molar-refractivity contribution in [2.24, 2.45) is 0 Å². The highest BCUT2D eigenvalue weighted by Crippen LogP contribution is 2.27.